The van der Waals surface area contributed by atoms with Crippen LogP contribution >= 0.6 is 0 Å². The molecule has 0 saturated carbocycles. The summed E-state index contributed by atoms with van der Waals surface area (Å²) in [5, 5.41) is 7.75. The van der Waals surface area contributed by atoms with Crippen LogP contribution in [-0.4, -0.2) is 0 Å². The van der Waals surface area contributed by atoms with Crippen LogP contribution in [-0.2, 0) is 0 Å². The third-order valence-electron chi connectivity index (χ3n) is 6.02. The van der Waals surface area contributed by atoms with Gasteiger partial charge in [0.2, 0.25) is 0 Å². The molecule has 0 heteroatoms. The molecule has 0 saturated heterocycles. The molecule has 0 atom stereocenters. The van der Waals surface area contributed by atoms with E-state index in [1.165, 1.54) is 54.6 Å². The molecule has 0 nitrogen and oxygen atoms in total. The molecular formula is C30H20. The molecule has 30 heavy (non-hydrogen) atoms. The maximum absolute atomic E-state index is 2.37. The van der Waals surface area contributed by atoms with Crippen LogP contribution in [0.4, 0.5) is 0 Å². The summed E-state index contributed by atoms with van der Waals surface area (Å²) in [6.07, 6.45) is 0. The van der Waals surface area contributed by atoms with E-state index < -0.39 is 0 Å². The molecule has 6 rings (SSSR count). The highest BCUT2D eigenvalue weighted by Crippen LogP contribution is 2.44. The van der Waals surface area contributed by atoms with Crippen molar-refractivity contribution in [1.82, 2.24) is 0 Å². The first-order valence-electron chi connectivity index (χ1n) is 10.4. The van der Waals surface area contributed by atoms with Crippen LogP contribution in [0.5, 0.6) is 0 Å². The quantitative estimate of drug-likeness (QED) is 0.264. The van der Waals surface area contributed by atoms with Crippen LogP contribution in [0.3, 0.4) is 0 Å². The SMILES string of the molecule is c1ccc(-c2c3ccccc3c(-c3ccccc3)c3cc4ccccc4cc23)cc1. The molecule has 0 radical (unpaired) electrons. The maximum Gasteiger partial charge on any atom is -0.00262 e. The van der Waals surface area contributed by atoms with Crippen molar-refractivity contribution in [3.05, 3.63) is 121 Å². The first-order chi connectivity index (χ1) is 14.9. The monoisotopic (exact) mass is 380 g/mol. The van der Waals surface area contributed by atoms with Crippen molar-refractivity contribution in [1.29, 1.82) is 0 Å². The molecule has 0 aromatic heterocycles. The third-order valence-corrected chi connectivity index (χ3v) is 6.02. The Hall–Kier alpha value is -3.90. The molecule has 0 unspecified atom stereocenters. The van der Waals surface area contributed by atoms with Gasteiger partial charge in [0.15, 0.2) is 0 Å². The van der Waals surface area contributed by atoms with E-state index in [0.717, 1.165) is 0 Å². The molecular weight excluding hydrogens is 360 g/mol. The zero-order chi connectivity index (χ0) is 19.9. The van der Waals surface area contributed by atoms with Gasteiger partial charge in [-0.15, -0.1) is 0 Å². The summed E-state index contributed by atoms with van der Waals surface area (Å²) in [6.45, 7) is 0. The second kappa shape index (κ2) is 6.86. The summed E-state index contributed by atoms with van der Waals surface area (Å²) in [5.74, 6) is 0. The Morgan fingerprint density at radius 2 is 0.667 bits per heavy atom. The average molecular weight is 380 g/mol. The van der Waals surface area contributed by atoms with Crippen molar-refractivity contribution >= 4 is 32.3 Å². The van der Waals surface area contributed by atoms with Gasteiger partial charge in [0.1, 0.15) is 0 Å². The van der Waals surface area contributed by atoms with Crippen LogP contribution in [0.1, 0.15) is 0 Å². The van der Waals surface area contributed by atoms with Gasteiger partial charge < -0.3 is 0 Å². The normalized spacial score (nSPS) is 11.3. The highest BCUT2D eigenvalue weighted by Gasteiger charge is 2.16. The molecule has 6 aromatic carbocycles. The van der Waals surface area contributed by atoms with Crippen molar-refractivity contribution in [3.63, 3.8) is 0 Å². The number of benzene rings is 6. The van der Waals surface area contributed by atoms with E-state index in [-0.39, 0.29) is 0 Å². The first-order valence-corrected chi connectivity index (χ1v) is 10.4. The summed E-state index contributed by atoms with van der Waals surface area (Å²) in [4.78, 5) is 0. The Morgan fingerprint density at radius 1 is 0.300 bits per heavy atom. The minimum atomic E-state index is 1.26. The minimum absolute atomic E-state index is 1.26. The van der Waals surface area contributed by atoms with Gasteiger partial charge in [-0.05, 0) is 66.7 Å². The number of hydrogen-bond acceptors (Lipinski definition) is 0. The molecule has 0 N–H and O–H groups in total. The van der Waals surface area contributed by atoms with Crippen LogP contribution in [0, 0.1) is 0 Å². The topological polar surface area (TPSA) is 0 Å². The van der Waals surface area contributed by atoms with E-state index >= 15 is 0 Å². The van der Waals surface area contributed by atoms with Crippen molar-refractivity contribution in [2.75, 3.05) is 0 Å². The largest absolute Gasteiger partial charge is 0.0622 e. The van der Waals surface area contributed by atoms with Gasteiger partial charge in [0, 0.05) is 0 Å². The molecule has 6 aromatic rings. The van der Waals surface area contributed by atoms with E-state index in [0.29, 0.717) is 0 Å². The fourth-order valence-electron chi connectivity index (χ4n) is 4.69. The van der Waals surface area contributed by atoms with Gasteiger partial charge >= 0.3 is 0 Å². The summed E-state index contributed by atoms with van der Waals surface area (Å²) in [5.41, 5.74) is 5.14. The fraction of sp³-hybridized carbons (Fsp3) is 0. The van der Waals surface area contributed by atoms with Crippen LogP contribution in [0.25, 0.3) is 54.6 Å². The lowest BCUT2D eigenvalue weighted by molar-refractivity contribution is 1.66. The van der Waals surface area contributed by atoms with Crippen LogP contribution in [0.15, 0.2) is 121 Å². The summed E-state index contributed by atoms with van der Waals surface area (Å²) < 4.78 is 0. The lowest BCUT2D eigenvalue weighted by atomic mass is 9.85. The van der Waals surface area contributed by atoms with E-state index in [1.807, 2.05) is 0 Å². The summed E-state index contributed by atoms with van der Waals surface area (Å²) in [7, 11) is 0. The number of hydrogen-bond donors (Lipinski definition) is 0. The second-order valence-electron chi connectivity index (χ2n) is 7.77. The number of fused-ring (bicyclic) bond motifs is 3. The maximum atomic E-state index is 2.37. The molecule has 0 spiro atoms. The molecule has 0 amide bonds. The average Bonchev–Trinajstić information content (AvgIpc) is 2.82. The molecule has 0 fully saturated rings. The van der Waals surface area contributed by atoms with Crippen molar-refractivity contribution in [2.45, 2.75) is 0 Å². The van der Waals surface area contributed by atoms with Crippen molar-refractivity contribution < 1.29 is 0 Å². The molecule has 0 heterocycles. The van der Waals surface area contributed by atoms with Crippen molar-refractivity contribution in [3.8, 4) is 22.3 Å². The summed E-state index contributed by atoms with van der Waals surface area (Å²) in [6, 6.07) is 43.8. The predicted molar refractivity (Wildman–Crippen MR) is 130 cm³/mol. The third kappa shape index (κ3) is 2.62. The van der Waals surface area contributed by atoms with Gasteiger partial charge in [-0.1, -0.05) is 109 Å². The zero-order valence-electron chi connectivity index (χ0n) is 16.5. The minimum Gasteiger partial charge on any atom is -0.0622 e. The van der Waals surface area contributed by atoms with E-state index in [1.54, 1.807) is 0 Å². The lowest BCUT2D eigenvalue weighted by Gasteiger charge is -2.18. The number of rotatable bonds is 2. The van der Waals surface area contributed by atoms with E-state index in [2.05, 4.69) is 121 Å². The second-order valence-corrected chi connectivity index (χ2v) is 7.77. The van der Waals surface area contributed by atoms with Gasteiger partial charge in [-0.2, -0.15) is 0 Å². The Morgan fingerprint density at radius 3 is 1.10 bits per heavy atom. The van der Waals surface area contributed by atoms with E-state index in [4.69, 9.17) is 0 Å². The molecule has 0 bridgehead atoms. The van der Waals surface area contributed by atoms with E-state index in [9.17, 15) is 0 Å². The molecule has 0 aliphatic rings. The molecule has 0 aliphatic heterocycles. The zero-order valence-corrected chi connectivity index (χ0v) is 16.5. The Balaban J connectivity index is 1.90. The smallest absolute Gasteiger partial charge is 0.00262 e. The lowest BCUT2D eigenvalue weighted by Crippen LogP contribution is -1.91. The summed E-state index contributed by atoms with van der Waals surface area (Å²) >= 11 is 0. The standard InChI is InChI=1S/C30H20/c1-3-11-21(12-4-1)29-25-17-9-10-18-26(25)30(22-13-5-2-6-14-22)28-20-24-16-8-7-15-23(24)19-27(28)29/h1-20H. The van der Waals surface area contributed by atoms with Gasteiger partial charge in [-0.25, -0.2) is 0 Å². The Labute approximate surface area is 176 Å². The molecule has 140 valence electrons. The predicted octanol–water partition coefficient (Wildman–Crippen LogP) is 8.48. The highest BCUT2D eigenvalue weighted by atomic mass is 14.2. The van der Waals surface area contributed by atoms with Crippen LogP contribution in [0.2, 0.25) is 0 Å². The molecule has 0 aliphatic carbocycles. The van der Waals surface area contributed by atoms with Gasteiger partial charge in [-0.3, -0.25) is 0 Å². The van der Waals surface area contributed by atoms with Gasteiger partial charge in [0.25, 0.3) is 0 Å². The first kappa shape index (κ1) is 17.0. The highest BCUT2D eigenvalue weighted by molar-refractivity contribution is 6.23. The van der Waals surface area contributed by atoms with Crippen LogP contribution < -0.4 is 0 Å². The Bertz CT molecular complexity index is 1390. The van der Waals surface area contributed by atoms with Crippen molar-refractivity contribution in [2.24, 2.45) is 0 Å². The Kier molecular flexibility index (Phi) is 3.89. The van der Waals surface area contributed by atoms with Gasteiger partial charge in [0.05, 0.1) is 0 Å². The fourth-order valence-corrected chi connectivity index (χ4v) is 4.69.